The van der Waals surface area contributed by atoms with Gasteiger partial charge in [0.25, 0.3) is 0 Å². The van der Waals surface area contributed by atoms with Gasteiger partial charge in [0.2, 0.25) is 0 Å². The molecule has 1 fully saturated rings. The van der Waals surface area contributed by atoms with E-state index in [0.717, 1.165) is 56.1 Å². The molecule has 1 saturated carbocycles. The Morgan fingerprint density at radius 2 is 1.82 bits per heavy atom. The fourth-order valence-electron chi connectivity index (χ4n) is 4.92. The number of hydrogen-bond acceptors (Lipinski definition) is 6. The van der Waals surface area contributed by atoms with Crippen LogP contribution in [0.2, 0.25) is 0 Å². The Hall–Kier alpha value is -3.81. The third kappa shape index (κ3) is 3.24. The van der Waals surface area contributed by atoms with Crippen molar-refractivity contribution in [1.82, 2.24) is 19.6 Å². The van der Waals surface area contributed by atoms with Crippen molar-refractivity contribution in [1.29, 1.82) is 0 Å². The van der Waals surface area contributed by atoms with Crippen molar-refractivity contribution in [2.24, 2.45) is 5.73 Å². The summed E-state index contributed by atoms with van der Waals surface area (Å²) in [6.07, 6.45) is 2.68. The number of rotatable bonds is 4. The molecule has 0 spiro atoms. The number of nitrogens with two attached hydrogens (primary N) is 1. The van der Waals surface area contributed by atoms with E-state index in [0.29, 0.717) is 12.8 Å². The number of aromatic nitrogens is 4. The molecule has 7 heteroatoms. The van der Waals surface area contributed by atoms with Crippen LogP contribution in [0, 0.1) is 6.92 Å². The molecule has 0 amide bonds. The van der Waals surface area contributed by atoms with Gasteiger partial charge in [-0.1, -0.05) is 42.5 Å². The van der Waals surface area contributed by atoms with Crippen molar-refractivity contribution in [2.75, 3.05) is 7.11 Å². The molecule has 0 atom stereocenters. The third-order valence-corrected chi connectivity index (χ3v) is 6.71. The lowest BCUT2D eigenvalue weighted by molar-refractivity contribution is 0.0209. The third-order valence-electron chi connectivity index (χ3n) is 6.71. The van der Waals surface area contributed by atoms with Crippen LogP contribution < -0.4 is 10.5 Å². The van der Waals surface area contributed by atoms with Gasteiger partial charge in [-0.05, 0) is 37.5 Å². The molecule has 7 nitrogen and oxygen atoms in total. The highest BCUT2D eigenvalue weighted by molar-refractivity contribution is 5.92. The number of nitrogens with zero attached hydrogens (tertiary/aromatic N) is 4. The summed E-state index contributed by atoms with van der Waals surface area (Å²) in [5, 5.41) is 15.3. The van der Waals surface area contributed by atoms with Crippen molar-refractivity contribution >= 4 is 16.7 Å². The minimum absolute atomic E-state index is 0.322. The van der Waals surface area contributed by atoms with E-state index >= 15 is 0 Å². The summed E-state index contributed by atoms with van der Waals surface area (Å²) in [5.74, 6) is 0.773. The van der Waals surface area contributed by atoms with Crippen LogP contribution >= 0.6 is 0 Å². The number of aryl methyl sites for hydroxylation is 1. The van der Waals surface area contributed by atoms with Gasteiger partial charge in [0.05, 0.1) is 24.6 Å². The Kier molecular flexibility index (Phi) is 4.65. The Morgan fingerprint density at radius 1 is 1.06 bits per heavy atom. The summed E-state index contributed by atoms with van der Waals surface area (Å²) in [4.78, 5) is 9.68. The summed E-state index contributed by atoms with van der Waals surface area (Å²) in [7, 11) is 1.67. The van der Waals surface area contributed by atoms with Gasteiger partial charge in [-0.3, -0.25) is 0 Å². The minimum Gasteiger partial charge on any atom is -0.496 e. The van der Waals surface area contributed by atoms with Crippen LogP contribution in [0.4, 0.5) is 0 Å². The molecule has 0 radical (unpaired) electrons. The number of methoxy groups -OCH3 is 1. The molecule has 6 rings (SSSR count). The standard InChI is InChI=1S/C27H25N5O2/c1-16-11-24-29-15-18-12-22(21-5-3-4-6-23(21)34-2)25(30-26(18)32(24)31-16)17-7-9-19(10-8-17)27(28)13-20(33)14-27/h3-12,15,20,33H,13-14,28H2,1-2H3/t20-,27-. The van der Waals surface area contributed by atoms with Gasteiger partial charge in [-0.25, -0.2) is 9.97 Å². The van der Waals surface area contributed by atoms with E-state index in [1.54, 1.807) is 11.6 Å². The summed E-state index contributed by atoms with van der Waals surface area (Å²) >= 11 is 0. The average molecular weight is 452 g/mol. The number of aliphatic hydroxyl groups excluding tert-OH is 1. The smallest absolute Gasteiger partial charge is 0.165 e. The maximum Gasteiger partial charge on any atom is 0.165 e. The van der Waals surface area contributed by atoms with Gasteiger partial charge < -0.3 is 15.6 Å². The van der Waals surface area contributed by atoms with Crippen LogP contribution in [0.15, 0.2) is 66.9 Å². The predicted octanol–water partition coefficient (Wildman–Crippen LogP) is 4.24. The summed E-state index contributed by atoms with van der Waals surface area (Å²) < 4.78 is 7.46. The van der Waals surface area contributed by atoms with Gasteiger partial charge >= 0.3 is 0 Å². The molecule has 3 heterocycles. The largest absolute Gasteiger partial charge is 0.496 e. The van der Waals surface area contributed by atoms with Crippen LogP contribution in [-0.4, -0.2) is 37.9 Å². The number of ether oxygens (including phenoxy) is 1. The second-order valence-corrected chi connectivity index (χ2v) is 9.11. The fraction of sp³-hybridized carbons (Fsp3) is 0.222. The van der Waals surface area contributed by atoms with Crippen LogP contribution in [-0.2, 0) is 5.54 Å². The molecule has 0 saturated heterocycles. The lowest BCUT2D eigenvalue weighted by atomic mass is 9.70. The topological polar surface area (TPSA) is 98.6 Å². The number of aliphatic hydroxyl groups is 1. The summed E-state index contributed by atoms with van der Waals surface area (Å²) in [6, 6.07) is 20.2. The molecule has 1 aliphatic carbocycles. The van der Waals surface area contributed by atoms with Gasteiger partial charge in [-0.2, -0.15) is 9.61 Å². The molecular formula is C27H25N5O2. The maximum absolute atomic E-state index is 9.76. The number of benzene rings is 2. The average Bonchev–Trinajstić information content (AvgIpc) is 3.23. The molecule has 0 bridgehead atoms. The van der Waals surface area contributed by atoms with Crippen LogP contribution in [0.1, 0.15) is 24.1 Å². The van der Waals surface area contributed by atoms with E-state index in [1.165, 1.54) is 0 Å². The molecule has 0 unspecified atom stereocenters. The SMILES string of the molecule is COc1ccccc1-c1cc2cnc3cc(C)nn3c2nc1-c1ccc([C@]2(N)C[C@H](O)C2)cc1. The van der Waals surface area contributed by atoms with Crippen molar-refractivity contribution in [2.45, 2.75) is 31.4 Å². The molecule has 3 N–H and O–H groups in total. The first-order valence-electron chi connectivity index (χ1n) is 11.3. The Bertz CT molecular complexity index is 1530. The van der Waals surface area contributed by atoms with Crippen molar-refractivity contribution < 1.29 is 9.84 Å². The van der Waals surface area contributed by atoms with E-state index in [1.807, 2.05) is 55.6 Å². The quantitative estimate of drug-likeness (QED) is 0.424. The van der Waals surface area contributed by atoms with Crippen LogP contribution in [0.5, 0.6) is 5.75 Å². The fourth-order valence-corrected chi connectivity index (χ4v) is 4.92. The molecule has 2 aromatic carbocycles. The monoisotopic (exact) mass is 451 g/mol. The highest BCUT2D eigenvalue weighted by Crippen LogP contribution is 2.41. The number of fused-ring (bicyclic) bond motifs is 3. The van der Waals surface area contributed by atoms with Crippen molar-refractivity contribution in [3.63, 3.8) is 0 Å². The molecular weight excluding hydrogens is 426 g/mol. The maximum atomic E-state index is 9.76. The molecule has 5 aromatic rings. The van der Waals surface area contributed by atoms with Gasteiger partial charge in [0, 0.05) is 39.9 Å². The number of pyridine rings is 1. The summed E-state index contributed by atoms with van der Waals surface area (Å²) in [6.45, 7) is 1.95. The second-order valence-electron chi connectivity index (χ2n) is 9.11. The van der Waals surface area contributed by atoms with Crippen molar-refractivity contribution in [3.8, 4) is 28.1 Å². The zero-order chi connectivity index (χ0) is 23.4. The first-order chi connectivity index (χ1) is 16.4. The van der Waals surface area contributed by atoms with Gasteiger partial charge in [0.1, 0.15) is 5.75 Å². The summed E-state index contributed by atoms with van der Waals surface area (Å²) in [5.41, 5.74) is 13.1. The van der Waals surface area contributed by atoms with Crippen LogP contribution in [0.25, 0.3) is 39.1 Å². The molecule has 1 aliphatic rings. The molecule has 34 heavy (non-hydrogen) atoms. The lowest BCUT2D eigenvalue weighted by Crippen LogP contribution is -2.51. The first kappa shape index (κ1) is 20.8. The zero-order valence-electron chi connectivity index (χ0n) is 19.1. The highest BCUT2D eigenvalue weighted by Gasteiger charge is 2.41. The number of hydrogen-bond donors (Lipinski definition) is 2. The van der Waals surface area contributed by atoms with Crippen LogP contribution in [0.3, 0.4) is 0 Å². The molecule has 0 aliphatic heterocycles. The van der Waals surface area contributed by atoms with E-state index < -0.39 is 5.54 Å². The number of para-hydroxylation sites is 1. The van der Waals surface area contributed by atoms with Gasteiger partial charge in [-0.15, -0.1) is 0 Å². The van der Waals surface area contributed by atoms with E-state index in [2.05, 4.69) is 28.3 Å². The second kappa shape index (κ2) is 7.62. The van der Waals surface area contributed by atoms with Crippen molar-refractivity contribution in [3.05, 3.63) is 78.1 Å². The Labute approximate surface area is 196 Å². The highest BCUT2D eigenvalue weighted by atomic mass is 16.5. The predicted molar refractivity (Wildman–Crippen MR) is 132 cm³/mol. The normalized spacial score (nSPS) is 19.9. The Balaban J connectivity index is 1.58. The van der Waals surface area contributed by atoms with E-state index in [-0.39, 0.29) is 6.10 Å². The Morgan fingerprint density at radius 3 is 2.56 bits per heavy atom. The lowest BCUT2D eigenvalue weighted by Gasteiger charge is -2.42. The van der Waals surface area contributed by atoms with Gasteiger partial charge in [0.15, 0.2) is 11.3 Å². The molecule has 3 aromatic heterocycles. The van der Waals surface area contributed by atoms with E-state index in [9.17, 15) is 5.11 Å². The molecule has 170 valence electrons. The zero-order valence-corrected chi connectivity index (χ0v) is 19.1. The first-order valence-corrected chi connectivity index (χ1v) is 11.3. The van der Waals surface area contributed by atoms with E-state index in [4.69, 9.17) is 15.5 Å². The minimum atomic E-state index is -0.468.